The van der Waals surface area contributed by atoms with Crippen molar-refractivity contribution in [3.8, 4) is 0 Å². The van der Waals surface area contributed by atoms with Crippen LogP contribution in [0.5, 0.6) is 0 Å². The normalized spacial score (nSPS) is 12.9. The third-order valence-corrected chi connectivity index (χ3v) is 3.60. The van der Waals surface area contributed by atoms with Crippen LogP contribution in [0, 0.1) is 11.8 Å². The maximum Gasteiger partial charge on any atom is 0.0408 e. The van der Waals surface area contributed by atoms with Crippen molar-refractivity contribution in [1.82, 2.24) is 5.32 Å². The van der Waals surface area contributed by atoms with Crippen LogP contribution in [0.15, 0.2) is 24.3 Å². The first-order valence-corrected chi connectivity index (χ1v) is 7.94. The van der Waals surface area contributed by atoms with Crippen molar-refractivity contribution in [3.05, 3.63) is 34.9 Å². The van der Waals surface area contributed by atoms with E-state index in [1.807, 2.05) is 6.07 Å². The summed E-state index contributed by atoms with van der Waals surface area (Å²) in [6.45, 7) is 9.00. The number of nitrogens with one attached hydrogen (secondary N) is 1. The monoisotopic (exact) mass is 281 g/mol. The lowest BCUT2D eigenvalue weighted by atomic mass is 9.94. The lowest BCUT2D eigenvalue weighted by Gasteiger charge is -2.18. The van der Waals surface area contributed by atoms with Crippen molar-refractivity contribution < 1.29 is 0 Å². The summed E-state index contributed by atoms with van der Waals surface area (Å²) in [5.74, 6) is 1.44. The molecule has 0 bridgehead atoms. The number of halogens is 1. The maximum atomic E-state index is 6.06. The first-order valence-electron chi connectivity index (χ1n) is 7.57. The molecule has 0 amide bonds. The quantitative estimate of drug-likeness (QED) is 0.676. The van der Waals surface area contributed by atoms with Crippen molar-refractivity contribution in [2.24, 2.45) is 11.8 Å². The highest BCUT2D eigenvalue weighted by molar-refractivity contribution is 6.30. The molecule has 0 radical (unpaired) electrons. The molecule has 1 N–H and O–H groups in total. The van der Waals surface area contributed by atoms with Gasteiger partial charge >= 0.3 is 0 Å². The van der Waals surface area contributed by atoms with Crippen molar-refractivity contribution >= 4 is 11.6 Å². The van der Waals surface area contributed by atoms with E-state index < -0.39 is 0 Å². The molecule has 0 aliphatic carbocycles. The standard InChI is InChI=1S/C17H28ClN/c1-4-5-7-16(13-19-12-14(2)3)10-15-8-6-9-17(18)11-15/h6,8-9,11,14,16,19H,4-5,7,10,12-13H2,1-3H3. The molecule has 108 valence electrons. The lowest BCUT2D eigenvalue weighted by Crippen LogP contribution is -2.27. The first kappa shape index (κ1) is 16.5. The van der Waals surface area contributed by atoms with Crippen LogP contribution in [0.4, 0.5) is 0 Å². The second kappa shape index (κ2) is 9.39. The van der Waals surface area contributed by atoms with E-state index in [-0.39, 0.29) is 0 Å². The van der Waals surface area contributed by atoms with Crippen LogP contribution >= 0.6 is 11.6 Å². The van der Waals surface area contributed by atoms with E-state index in [0.717, 1.165) is 36.4 Å². The van der Waals surface area contributed by atoms with Crippen molar-refractivity contribution in [1.29, 1.82) is 0 Å². The Morgan fingerprint density at radius 3 is 2.63 bits per heavy atom. The Balaban J connectivity index is 2.48. The van der Waals surface area contributed by atoms with E-state index in [1.54, 1.807) is 0 Å². The highest BCUT2D eigenvalue weighted by atomic mass is 35.5. The third kappa shape index (κ3) is 7.59. The minimum atomic E-state index is 0.720. The molecule has 1 aromatic rings. The zero-order valence-corrected chi connectivity index (χ0v) is 13.3. The number of benzene rings is 1. The smallest absolute Gasteiger partial charge is 0.0408 e. The summed E-state index contributed by atoms with van der Waals surface area (Å²) >= 11 is 6.06. The van der Waals surface area contributed by atoms with Crippen LogP contribution in [0.2, 0.25) is 5.02 Å². The molecule has 0 aromatic heterocycles. The van der Waals surface area contributed by atoms with Gasteiger partial charge in [0.15, 0.2) is 0 Å². The van der Waals surface area contributed by atoms with Gasteiger partial charge in [-0.25, -0.2) is 0 Å². The Kier molecular flexibility index (Phi) is 8.16. The molecule has 0 saturated carbocycles. The fraction of sp³-hybridized carbons (Fsp3) is 0.647. The van der Waals surface area contributed by atoms with Gasteiger partial charge in [-0.2, -0.15) is 0 Å². The van der Waals surface area contributed by atoms with Crippen LogP contribution in [0.1, 0.15) is 45.6 Å². The SMILES string of the molecule is CCCCC(CNCC(C)C)Cc1cccc(Cl)c1. The van der Waals surface area contributed by atoms with Crippen molar-refractivity contribution in [2.75, 3.05) is 13.1 Å². The Labute approximate surface area is 123 Å². The lowest BCUT2D eigenvalue weighted by molar-refractivity contribution is 0.413. The molecular weight excluding hydrogens is 254 g/mol. The molecule has 1 atom stereocenters. The summed E-state index contributed by atoms with van der Waals surface area (Å²) < 4.78 is 0. The zero-order chi connectivity index (χ0) is 14.1. The van der Waals surface area contributed by atoms with E-state index in [1.165, 1.54) is 24.8 Å². The van der Waals surface area contributed by atoms with Gasteiger partial charge in [0.1, 0.15) is 0 Å². The van der Waals surface area contributed by atoms with Crippen LogP contribution in [0.25, 0.3) is 0 Å². The van der Waals surface area contributed by atoms with Crippen LogP contribution < -0.4 is 5.32 Å². The minimum absolute atomic E-state index is 0.720. The van der Waals surface area contributed by atoms with Crippen molar-refractivity contribution in [2.45, 2.75) is 46.5 Å². The van der Waals surface area contributed by atoms with Gasteiger partial charge in [0.05, 0.1) is 0 Å². The van der Waals surface area contributed by atoms with Crippen LogP contribution in [-0.2, 0) is 6.42 Å². The molecule has 1 rings (SSSR count). The molecule has 0 spiro atoms. The molecule has 0 heterocycles. The van der Waals surface area contributed by atoms with E-state index in [2.05, 4.69) is 44.3 Å². The Hall–Kier alpha value is -0.530. The first-order chi connectivity index (χ1) is 9.11. The van der Waals surface area contributed by atoms with Gasteiger partial charge in [-0.1, -0.05) is 57.3 Å². The summed E-state index contributed by atoms with van der Waals surface area (Å²) in [7, 11) is 0. The molecule has 0 saturated heterocycles. The van der Waals surface area contributed by atoms with Gasteiger partial charge in [-0.15, -0.1) is 0 Å². The number of unbranched alkanes of at least 4 members (excludes halogenated alkanes) is 1. The van der Waals surface area contributed by atoms with E-state index in [0.29, 0.717) is 0 Å². The summed E-state index contributed by atoms with van der Waals surface area (Å²) in [5.41, 5.74) is 1.36. The van der Waals surface area contributed by atoms with Crippen LogP contribution in [0.3, 0.4) is 0 Å². The number of hydrogen-bond acceptors (Lipinski definition) is 1. The van der Waals surface area contributed by atoms with Gasteiger partial charge in [-0.3, -0.25) is 0 Å². The summed E-state index contributed by atoms with van der Waals surface area (Å²) in [4.78, 5) is 0. The molecule has 1 nitrogen and oxygen atoms in total. The highest BCUT2D eigenvalue weighted by Crippen LogP contribution is 2.18. The summed E-state index contributed by atoms with van der Waals surface area (Å²) in [6.07, 6.45) is 5.02. The zero-order valence-electron chi connectivity index (χ0n) is 12.6. The highest BCUT2D eigenvalue weighted by Gasteiger charge is 2.10. The van der Waals surface area contributed by atoms with Gasteiger partial charge in [-0.05, 0) is 55.5 Å². The Bertz CT molecular complexity index is 349. The van der Waals surface area contributed by atoms with Gasteiger partial charge in [0.25, 0.3) is 0 Å². The molecule has 0 fully saturated rings. The average molecular weight is 282 g/mol. The Morgan fingerprint density at radius 2 is 2.00 bits per heavy atom. The summed E-state index contributed by atoms with van der Waals surface area (Å²) in [6, 6.07) is 8.29. The molecule has 19 heavy (non-hydrogen) atoms. The number of hydrogen-bond donors (Lipinski definition) is 1. The molecule has 2 heteroatoms. The topological polar surface area (TPSA) is 12.0 Å². The maximum absolute atomic E-state index is 6.06. The van der Waals surface area contributed by atoms with E-state index >= 15 is 0 Å². The minimum Gasteiger partial charge on any atom is -0.316 e. The fourth-order valence-electron chi connectivity index (χ4n) is 2.34. The molecule has 1 aromatic carbocycles. The molecule has 0 aliphatic heterocycles. The molecule has 1 unspecified atom stereocenters. The third-order valence-electron chi connectivity index (χ3n) is 3.36. The van der Waals surface area contributed by atoms with Gasteiger partial charge < -0.3 is 5.32 Å². The van der Waals surface area contributed by atoms with Gasteiger partial charge in [0.2, 0.25) is 0 Å². The van der Waals surface area contributed by atoms with E-state index in [4.69, 9.17) is 11.6 Å². The van der Waals surface area contributed by atoms with Crippen LogP contribution in [-0.4, -0.2) is 13.1 Å². The van der Waals surface area contributed by atoms with Gasteiger partial charge in [0, 0.05) is 5.02 Å². The number of rotatable bonds is 9. The Morgan fingerprint density at radius 1 is 1.21 bits per heavy atom. The van der Waals surface area contributed by atoms with Crippen molar-refractivity contribution in [3.63, 3.8) is 0 Å². The fourth-order valence-corrected chi connectivity index (χ4v) is 2.56. The van der Waals surface area contributed by atoms with E-state index in [9.17, 15) is 0 Å². The largest absolute Gasteiger partial charge is 0.316 e. The molecule has 0 aliphatic rings. The predicted octanol–water partition coefficient (Wildman–Crippen LogP) is 4.93. The summed E-state index contributed by atoms with van der Waals surface area (Å²) in [5, 5.41) is 4.44. The molecular formula is C17H28ClN. The average Bonchev–Trinajstić information content (AvgIpc) is 2.35. The second-order valence-corrected chi connectivity index (χ2v) is 6.33. The predicted molar refractivity (Wildman–Crippen MR) is 85.9 cm³/mol. The second-order valence-electron chi connectivity index (χ2n) is 5.89.